The van der Waals surface area contributed by atoms with Crippen LogP contribution >= 0.6 is 0 Å². The Kier molecular flexibility index (Phi) is 4660. The van der Waals surface area contributed by atoms with E-state index in [-0.39, 0.29) is 912 Å². The molecule has 45 heavy (non-hydrogen) atoms. The van der Waals surface area contributed by atoms with Crippen LogP contribution in [0, 0.1) is 0 Å². The van der Waals surface area contributed by atoms with Crippen molar-refractivity contribution in [3.05, 3.63) is 0 Å². The standard InChI is InChI=1S/4O.41Ti/q4*-2;41*+4. The molecule has 0 aromatic carbocycles. The number of hydrogen-bond donors (Lipinski definition) is 0. The molecular formula is O4Ti41+156. The van der Waals surface area contributed by atoms with Crippen molar-refractivity contribution in [2.75, 3.05) is 0 Å². The number of hydrogen-bond acceptors (Lipinski definition) is 0. The van der Waals surface area contributed by atoms with Crippen molar-refractivity contribution in [3.63, 3.8) is 0 Å². The van der Waals surface area contributed by atoms with Crippen LogP contribution in [0.5, 0.6) is 0 Å². The Morgan fingerprint density at radius 1 is 0.0444 bits per heavy atom. The predicted octanol–water partition coefficient (Wildman–Crippen LogP) is -0.578. The first kappa shape index (κ1) is 467. The largest absolute Gasteiger partial charge is 4.00 e. The van der Waals surface area contributed by atoms with E-state index >= 15 is 0 Å². The van der Waals surface area contributed by atoms with Gasteiger partial charge in [-0.05, 0) is 0 Å². The van der Waals surface area contributed by atoms with Crippen molar-refractivity contribution >= 4 is 0 Å². The monoisotopic (exact) mass is 2030 g/mol. The Morgan fingerprint density at radius 2 is 0.0444 bits per heavy atom. The van der Waals surface area contributed by atoms with Crippen LogP contribution in [-0.4, -0.2) is 0 Å². The van der Waals surface area contributed by atoms with Gasteiger partial charge in [0.2, 0.25) is 0 Å². The Morgan fingerprint density at radius 3 is 0.0444 bits per heavy atom. The first-order valence-electron chi connectivity index (χ1n) is 0. The predicted molar refractivity (Wildman–Crippen MR) is 2.75 cm³/mol. The van der Waals surface area contributed by atoms with Crippen LogP contribution in [0.15, 0.2) is 0 Å². The second-order valence-electron chi connectivity index (χ2n) is 0. The van der Waals surface area contributed by atoms with Gasteiger partial charge in [-0.1, -0.05) is 0 Å². The fourth-order valence-electron chi connectivity index (χ4n) is 0. The third-order valence-corrected chi connectivity index (χ3v) is 0. The normalized spacial score (nSPS) is 0. The molecule has 45 heteroatoms. The molecular weight excluding hydrogens is 2030 g/mol. The molecule has 0 unspecified atom stereocenters. The van der Waals surface area contributed by atoms with E-state index in [0.717, 1.165) is 0 Å². The SMILES string of the molecule is [O-2].[O-2].[O-2].[O-2].[Ti+4].[Ti+4].[Ti+4].[Ti+4].[Ti+4].[Ti+4].[Ti+4].[Ti+4].[Ti+4].[Ti+4].[Ti+4].[Ti+4].[Ti+4].[Ti+4].[Ti+4].[Ti+4].[Ti+4].[Ti+4].[Ti+4].[Ti+4].[Ti+4].[Ti+4].[Ti+4].[Ti+4].[Ti+4].[Ti+4].[Ti+4].[Ti+4].[Ti+4].[Ti+4].[Ti+4].[Ti+4].[Ti+4].[Ti+4].[Ti+4].[Ti+4].[Ti+4].[Ti+4].[Ti+4].[Ti+4].[Ti+4]. The Labute approximate surface area is 885 Å². The summed E-state index contributed by atoms with van der Waals surface area (Å²) < 4.78 is 0. The third-order valence-electron chi connectivity index (χ3n) is 0. The van der Waals surface area contributed by atoms with E-state index in [4.69, 9.17) is 0 Å². The average molecular weight is 2030 g/mol. The molecule has 32 valence electrons. The van der Waals surface area contributed by atoms with E-state index in [1.807, 2.05) is 0 Å². The van der Waals surface area contributed by atoms with E-state index in [1.165, 1.54) is 0 Å². The van der Waals surface area contributed by atoms with Gasteiger partial charge in [-0.25, -0.2) is 0 Å². The molecule has 0 N–H and O–H groups in total. The molecule has 0 rings (SSSR count). The van der Waals surface area contributed by atoms with E-state index in [1.54, 1.807) is 0 Å². The van der Waals surface area contributed by atoms with Crippen molar-refractivity contribution in [2.24, 2.45) is 0 Å². The second kappa shape index (κ2) is 448. The van der Waals surface area contributed by atoms with Crippen LogP contribution in [-0.2, 0) is 912 Å². The molecule has 0 radical (unpaired) electrons. The van der Waals surface area contributed by atoms with Crippen molar-refractivity contribution in [2.45, 2.75) is 0 Å². The van der Waals surface area contributed by atoms with Gasteiger partial charge in [0.05, 0.1) is 0 Å². The van der Waals surface area contributed by atoms with E-state index < -0.39 is 0 Å². The van der Waals surface area contributed by atoms with Crippen molar-refractivity contribution in [1.82, 2.24) is 0 Å². The minimum Gasteiger partial charge on any atom is -2.00 e. The van der Waals surface area contributed by atoms with Gasteiger partial charge in [-0.3, -0.25) is 0 Å². The minimum absolute atomic E-state index is 0. The molecule has 0 spiro atoms. The number of rotatable bonds is 0. The average Bonchev–Trinajstić information content (AvgIpc) is 0. The van der Waals surface area contributed by atoms with Gasteiger partial charge in [-0.2, -0.15) is 0 Å². The summed E-state index contributed by atoms with van der Waals surface area (Å²) in [5.41, 5.74) is 0. The van der Waals surface area contributed by atoms with Crippen LogP contribution in [0.25, 0.3) is 0 Å². The van der Waals surface area contributed by atoms with Crippen molar-refractivity contribution in [3.8, 4) is 0 Å². The van der Waals surface area contributed by atoms with Gasteiger partial charge >= 0.3 is 890 Å². The molecule has 0 heterocycles. The fourth-order valence-corrected chi connectivity index (χ4v) is 0. The molecule has 0 aromatic heterocycles. The molecule has 0 fully saturated rings. The maximum atomic E-state index is 0. The van der Waals surface area contributed by atoms with Gasteiger partial charge in [0.15, 0.2) is 0 Å². The maximum Gasteiger partial charge on any atom is 4.00 e. The molecule has 0 saturated heterocycles. The van der Waals surface area contributed by atoms with E-state index in [9.17, 15) is 0 Å². The van der Waals surface area contributed by atoms with Crippen LogP contribution in [0.2, 0.25) is 0 Å². The Balaban J connectivity index is 0. The van der Waals surface area contributed by atoms with Gasteiger partial charge in [0.25, 0.3) is 0 Å². The van der Waals surface area contributed by atoms with Crippen molar-refractivity contribution in [1.29, 1.82) is 0 Å². The fraction of sp³-hybridized carbons (Fsp3) is 0. The first-order chi connectivity index (χ1) is 0. The molecule has 0 atom stereocenters. The zero-order chi connectivity index (χ0) is 0. The summed E-state index contributed by atoms with van der Waals surface area (Å²) in [5.74, 6) is 0. The van der Waals surface area contributed by atoms with Crippen molar-refractivity contribution < 1.29 is 912 Å². The quantitative estimate of drug-likeness (QED) is 0.290. The smallest absolute Gasteiger partial charge is 2.00 e. The maximum absolute atomic E-state index is 0. The van der Waals surface area contributed by atoms with Gasteiger partial charge in [0, 0.05) is 0 Å². The summed E-state index contributed by atoms with van der Waals surface area (Å²) in [6.07, 6.45) is 0. The van der Waals surface area contributed by atoms with Crippen LogP contribution < -0.4 is 0 Å². The third kappa shape index (κ3) is 436. The summed E-state index contributed by atoms with van der Waals surface area (Å²) in [5, 5.41) is 0. The minimum atomic E-state index is 0. The summed E-state index contributed by atoms with van der Waals surface area (Å²) >= 11 is 0. The molecule has 0 aliphatic heterocycles. The van der Waals surface area contributed by atoms with E-state index in [2.05, 4.69) is 0 Å². The first-order valence-corrected chi connectivity index (χ1v) is 0. The molecule has 4 nitrogen and oxygen atoms in total. The summed E-state index contributed by atoms with van der Waals surface area (Å²) in [6, 6.07) is 0. The summed E-state index contributed by atoms with van der Waals surface area (Å²) in [7, 11) is 0. The molecule has 0 aliphatic carbocycles. The van der Waals surface area contributed by atoms with Gasteiger partial charge in [0.1, 0.15) is 0 Å². The van der Waals surface area contributed by atoms with E-state index in [0.29, 0.717) is 0 Å². The Bertz CT molecular complexity index is 19.5. The molecule has 0 saturated carbocycles. The van der Waals surface area contributed by atoms with Crippen LogP contribution in [0.1, 0.15) is 0 Å². The second-order valence-corrected chi connectivity index (χ2v) is 0. The molecule has 0 aliphatic rings. The molecule has 0 aromatic rings. The molecule has 0 amide bonds. The zero-order valence-electron chi connectivity index (χ0n) is 22.1. The zero-order valence-corrected chi connectivity index (χ0v) is 86.2. The molecule has 0 bridgehead atoms. The Hall–Kier alpha value is 29.1. The topological polar surface area (TPSA) is 114 Å². The summed E-state index contributed by atoms with van der Waals surface area (Å²) in [6.45, 7) is 0. The van der Waals surface area contributed by atoms with Crippen LogP contribution in [0.4, 0.5) is 0 Å². The summed E-state index contributed by atoms with van der Waals surface area (Å²) in [4.78, 5) is 0. The van der Waals surface area contributed by atoms with Crippen LogP contribution in [0.3, 0.4) is 0 Å². The van der Waals surface area contributed by atoms with Gasteiger partial charge < -0.3 is 21.9 Å². The van der Waals surface area contributed by atoms with Gasteiger partial charge in [-0.15, -0.1) is 0 Å².